The molecule has 234 valence electrons. The third-order valence-corrected chi connectivity index (χ3v) is 7.42. The predicted molar refractivity (Wildman–Crippen MR) is 150 cm³/mol. The van der Waals surface area contributed by atoms with E-state index in [0.29, 0.717) is 5.57 Å². The van der Waals surface area contributed by atoms with E-state index in [1.165, 1.54) is 34.3 Å². The van der Waals surface area contributed by atoms with Gasteiger partial charge >= 0.3 is 6.09 Å². The number of hydrogen-bond acceptors (Lipinski definition) is 11. The highest BCUT2D eigenvalue weighted by Gasteiger charge is 2.38. The second kappa shape index (κ2) is 15.1. The van der Waals surface area contributed by atoms with Crippen molar-refractivity contribution in [2.75, 3.05) is 21.3 Å². The van der Waals surface area contributed by atoms with Crippen LogP contribution in [-0.4, -0.2) is 90.7 Å². The monoisotopic (exact) mass is 594 g/mol. The van der Waals surface area contributed by atoms with Crippen LogP contribution in [-0.2, 0) is 33.3 Å². The van der Waals surface area contributed by atoms with E-state index in [9.17, 15) is 34.5 Å². The SMILES string of the molecule is COC1=C2C[C@@H](C)C[C@H](OC)[C@H](O)[C@@H](C)/C=C(\C)[C@H](OC(N)=O)C(OC)C[C@@H](O)/C=C(\C)C(=O)NC(=C2O)C(=O)C1=O. The molecule has 0 saturated heterocycles. The van der Waals surface area contributed by atoms with Crippen LogP contribution in [0.4, 0.5) is 4.79 Å². The Balaban J connectivity index is 2.67. The first kappa shape index (κ1) is 34.7. The number of carbonyl (C=O) groups excluding carboxylic acids is 4. The third kappa shape index (κ3) is 8.28. The number of primary amides is 1. The molecule has 1 aliphatic carbocycles. The lowest BCUT2D eigenvalue weighted by molar-refractivity contribution is -0.135. The van der Waals surface area contributed by atoms with Gasteiger partial charge in [0.2, 0.25) is 0 Å². The van der Waals surface area contributed by atoms with Crippen molar-refractivity contribution in [3.05, 3.63) is 46.1 Å². The summed E-state index contributed by atoms with van der Waals surface area (Å²) in [5.41, 5.74) is 5.17. The van der Waals surface area contributed by atoms with Crippen molar-refractivity contribution < 1.29 is 53.4 Å². The molecule has 2 aliphatic rings. The summed E-state index contributed by atoms with van der Waals surface area (Å²) in [7, 11) is 3.98. The fourth-order valence-corrected chi connectivity index (χ4v) is 5.20. The number of carbonyl (C=O) groups is 4. The predicted octanol–water partition coefficient (Wildman–Crippen LogP) is 1.49. The van der Waals surface area contributed by atoms with Gasteiger partial charge in [-0.15, -0.1) is 0 Å². The number of hydrogen-bond donors (Lipinski definition) is 5. The summed E-state index contributed by atoms with van der Waals surface area (Å²) < 4.78 is 21.6. The van der Waals surface area contributed by atoms with Gasteiger partial charge in [0.15, 0.2) is 11.9 Å². The fourth-order valence-electron chi connectivity index (χ4n) is 5.20. The van der Waals surface area contributed by atoms with Gasteiger partial charge in [0.1, 0.15) is 17.6 Å². The first-order valence-corrected chi connectivity index (χ1v) is 13.5. The standard InChI is InChI=1S/C29H42N2O11/c1-13-8-18-23(34)21(24(35)25(36)27(18)41-7)31-28(37)16(4)11-17(32)12-20(40-6)26(42-29(30)38)15(3)10-14(2)22(33)19(9-13)39-5/h10-11,13-14,17,19-20,22,26,32-34H,8-9,12H2,1-7H3,(H2,30,38)(H,31,37)/b15-10+,16-11+/t13-,14+,17+,19+,20?,22-,26+/m1/s1. The molecule has 7 atom stereocenters. The first-order chi connectivity index (χ1) is 19.7. The highest BCUT2D eigenvalue weighted by atomic mass is 16.6. The molecule has 13 nitrogen and oxygen atoms in total. The summed E-state index contributed by atoms with van der Waals surface area (Å²) in [5, 5.41) is 35.2. The molecule has 1 unspecified atom stereocenters. The van der Waals surface area contributed by atoms with Crippen LogP contribution in [0.5, 0.6) is 0 Å². The van der Waals surface area contributed by atoms with Gasteiger partial charge in [0.05, 0.1) is 25.4 Å². The maximum absolute atomic E-state index is 13.0. The summed E-state index contributed by atoms with van der Waals surface area (Å²) in [6, 6.07) is 0. The van der Waals surface area contributed by atoms with Crippen LogP contribution < -0.4 is 11.1 Å². The zero-order valence-electron chi connectivity index (χ0n) is 25.0. The molecule has 0 aromatic rings. The van der Waals surface area contributed by atoms with Crippen molar-refractivity contribution in [1.29, 1.82) is 0 Å². The minimum atomic E-state index is -1.29. The molecule has 1 aliphatic heterocycles. The lowest BCUT2D eigenvalue weighted by Gasteiger charge is -2.30. The number of rotatable bonds is 4. The summed E-state index contributed by atoms with van der Waals surface area (Å²) >= 11 is 0. The third-order valence-electron chi connectivity index (χ3n) is 7.42. The average Bonchev–Trinajstić information content (AvgIpc) is 2.93. The highest BCUT2D eigenvalue weighted by molar-refractivity contribution is 6.50. The number of Topliss-reactive ketones (excluding diaryl/α,β-unsaturated/α-hetero) is 2. The average molecular weight is 595 g/mol. The maximum Gasteiger partial charge on any atom is 0.405 e. The Hall–Kier alpha value is -3.52. The van der Waals surface area contributed by atoms with Gasteiger partial charge < -0.3 is 45.3 Å². The van der Waals surface area contributed by atoms with Gasteiger partial charge in [-0.25, -0.2) is 4.79 Å². The maximum atomic E-state index is 13.0. The number of fused-ring (bicyclic) bond motifs is 1. The van der Waals surface area contributed by atoms with E-state index in [1.807, 2.05) is 0 Å². The Morgan fingerprint density at radius 1 is 0.976 bits per heavy atom. The molecule has 0 fully saturated rings. The van der Waals surface area contributed by atoms with Crippen molar-refractivity contribution in [2.24, 2.45) is 17.6 Å². The van der Waals surface area contributed by atoms with Gasteiger partial charge in [-0.05, 0) is 44.3 Å². The van der Waals surface area contributed by atoms with Gasteiger partial charge in [0.25, 0.3) is 17.5 Å². The smallest absolute Gasteiger partial charge is 0.405 e. The molecule has 2 amide bonds. The van der Waals surface area contributed by atoms with Gasteiger partial charge in [-0.1, -0.05) is 19.9 Å². The molecule has 1 heterocycles. The Bertz CT molecular complexity index is 1190. The topological polar surface area (TPSA) is 204 Å². The second-order valence-electron chi connectivity index (χ2n) is 10.7. The number of nitrogens with two attached hydrogens (primary N) is 1. The molecule has 2 rings (SSSR count). The molecule has 0 saturated carbocycles. The lowest BCUT2D eigenvalue weighted by Crippen LogP contribution is -2.39. The molecular formula is C29H42N2O11. The zero-order chi connectivity index (χ0) is 31.9. The first-order valence-electron chi connectivity index (χ1n) is 13.5. The minimum Gasteiger partial charge on any atom is -0.505 e. The van der Waals surface area contributed by atoms with E-state index in [1.54, 1.807) is 26.8 Å². The van der Waals surface area contributed by atoms with Crippen LogP contribution >= 0.6 is 0 Å². The van der Waals surface area contributed by atoms with Crippen molar-refractivity contribution in [3.63, 3.8) is 0 Å². The van der Waals surface area contributed by atoms with Crippen molar-refractivity contribution in [2.45, 2.75) is 77.5 Å². The quantitative estimate of drug-likeness (QED) is 0.179. The van der Waals surface area contributed by atoms with Crippen LogP contribution in [0.3, 0.4) is 0 Å². The molecule has 0 aromatic carbocycles. The Morgan fingerprint density at radius 2 is 1.60 bits per heavy atom. The van der Waals surface area contributed by atoms with Gasteiger partial charge in [-0.3, -0.25) is 14.4 Å². The summed E-state index contributed by atoms with van der Waals surface area (Å²) in [4.78, 5) is 50.3. The molecule has 42 heavy (non-hydrogen) atoms. The number of nitrogens with one attached hydrogen (secondary N) is 1. The summed E-state index contributed by atoms with van der Waals surface area (Å²) in [5.74, 6) is -4.85. The number of amides is 2. The molecule has 6 N–H and O–H groups in total. The minimum absolute atomic E-state index is 0.0204. The molecule has 0 aromatic heterocycles. The van der Waals surface area contributed by atoms with E-state index in [2.05, 4.69) is 5.32 Å². The normalized spacial score (nSPS) is 33.4. The van der Waals surface area contributed by atoms with Crippen LogP contribution in [0.25, 0.3) is 0 Å². The van der Waals surface area contributed by atoms with Crippen molar-refractivity contribution in [1.82, 2.24) is 5.32 Å². The van der Waals surface area contributed by atoms with E-state index in [0.717, 1.165) is 0 Å². The highest BCUT2D eigenvalue weighted by Crippen LogP contribution is 2.32. The number of ketones is 2. The van der Waals surface area contributed by atoms with E-state index >= 15 is 0 Å². The van der Waals surface area contributed by atoms with Crippen molar-refractivity contribution in [3.8, 4) is 0 Å². The largest absolute Gasteiger partial charge is 0.505 e. The van der Waals surface area contributed by atoms with Crippen LogP contribution in [0, 0.1) is 11.8 Å². The molecule has 0 radical (unpaired) electrons. The van der Waals surface area contributed by atoms with Gasteiger partial charge in [0, 0.05) is 37.7 Å². The molecular weight excluding hydrogens is 552 g/mol. The number of aliphatic hydroxyl groups is 3. The number of allylic oxidation sites excluding steroid dienone is 3. The van der Waals surface area contributed by atoms with Crippen LogP contribution in [0.1, 0.15) is 47.0 Å². The van der Waals surface area contributed by atoms with Crippen molar-refractivity contribution >= 4 is 23.6 Å². The summed E-state index contributed by atoms with van der Waals surface area (Å²) in [6.45, 7) is 6.57. The zero-order valence-corrected chi connectivity index (χ0v) is 25.0. The Labute approximate surface area is 245 Å². The molecule has 0 spiro atoms. The fraction of sp³-hybridized carbons (Fsp3) is 0.586. The number of methoxy groups -OCH3 is 3. The number of ether oxygens (including phenoxy) is 4. The van der Waals surface area contributed by atoms with E-state index < -0.39 is 71.5 Å². The van der Waals surface area contributed by atoms with Gasteiger partial charge in [-0.2, -0.15) is 0 Å². The van der Waals surface area contributed by atoms with E-state index in [4.69, 9.17) is 24.7 Å². The second-order valence-corrected chi connectivity index (χ2v) is 10.7. The molecule has 13 heteroatoms. The molecule has 2 bridgehead atoms. The lowest BCUT2D eigenvalue weighted by atomic mass is 9.85. The Kier molecular flexibility index (Phi) is 12.5. The van der Waals surface area contributed by atoms with E-state index in [-0.39, 0.29) is 42.1 Å². The summed E-state index contributed by atoms with van der Waals surface area (Å²) in [6.07, 6.45) is -3.02. The van der Waals surface area contributed by atoms with Crippen LogP contribution in [0.15, 0.2) is 46.1 Å². The Morgan fingerprint density at radius 3 is 2.14 bits per heavy atom. The number of aliphatic hydroxyl groups excluding tert-OH is 3. The van der Waals surface area contributed by atoms with Crippen LogP contribution in [0.2, 0.25) is 0 Å².